The number of nitrogens with two attached hydrogens (primary N) is 1. The van der Waals surface area contributed by atoms with E-state index in [0.717, 1.165) is 110 Å². The predicted molar refractivity (Wildman–Crippen MR) is 459 cm³/mol. The average Bonchev–Trinajstić information content (AvgIpc) is 0.841. The monoisotopic (exact) mass is 1640 g/mol. The van der Waals surface area contributed by atoms with E-state index >= 15 is 0 Å². The van der Waals surface area contributed by atoms with Crippen LogP contribution in [0.5, 0.6) is 0 Å². The maximum absolute atomic E-state index is 13.5. The first-order valence-electron chi connectivity index (χ1n) is 38.7. The Kier molecular flexibility index (Phi) is 30.5. The molecule has 4 fully saturated rings. The number of piperidine rings is 3. The maximum atomic E-state index is 13.5. The first-order valence-corrected chi connectivity index (χ1v) is 43.9. The van der Waals surface area contributed by atoms with Crippen molar-refractivity contribution in [2.45, 2.75) is 201 Å². The zero-order valence-corrected chi connectivity index (χ0v) is 71.8. The number of aryl methyl sites for hydroxylation is 3. The van der Waals surface area contributed by atoms with E-state index in [1.54, 1.807) is 57.1 Å². The van der Waals surface area contributed by atoms with Crippen molar-refractivity contribution in [2.24, 2.45) is 0 Å². The van der Waals surface area contributed by atoms with Crippen LogP contribution < -0.4 is 33.0 Å². The van der Waals surface area contributed by atoms with Crippen molar-refractivity contribution in [3.63, 3.8) is 0 Å². The van der Waals surface area contributed by atoms with Crippen LogP contribution in [0, 0.1) is 20.8 Å². The SMILES string of the molecule is C1CCOC1.Cc1cc(N)ccc1C1CCN(C(=O)OC(C)(C)C)CC1.Cc1cc(Nc2nc(Cl)cc3cc[nH]c(=O)c23)ccc1C1CCN(C(=O)OC(C)(C)C)CC1.Cc1cc(Nc2nc(Cl)cc3ccn(COCC[Si](C)(C)C)c(=O)c23)ccc1C1CCN(C(=O)OC(C)(C)C)CC1.O=c1[nH]ccc2cc(Cl)nc(Cl)c12. The number of nitrogen functional groups attached to an aromatic ring is 1. The molecule has 0 atom stereocenters. The largest absolute Gasteiger partial charge is 0.444 e. The molecule has 28 heteroatoms. The van der Waals surface area contributed by atoms with Gasteiger partial charge in [-0.2, -0.15) is 0 Å². The number of nitrogens with one attached hydrogen (secondary N) is 4. The molecule has 9 aromatic rings. The van der Waals surface area contributed by atoms with E-state index in [4.69, 9.17) is 75.8 Å². The number of aromatic amines is 2. The van der Waals surface area contributed by atoms with Gasteiger partial charge in [-0.15, -0.1) is 0 Å². The maximum Gasteiger partial charge on any atom is 0.410 e. The Morgan fingerprint density at radius 1 is 0.522 bits per heavy atom. The predicted octanol–water partition coefficient (Wildman–Crippen LogP) is 20.0. The quantitative estimate of drug-likeness (QED) is 0.0250. The number of likely N-dealkylation sites (tertiary alicyclic amines) is 3. The van der Waals surface area contributed by atoms with Crippen LogP contribution in [0.25, 0.3) is 32.3 Å². The second-order valence-electron chi connectivity index (χ2n) is 33.3. The molecule has 0 spiro atoms. The van der Waals surface area contributed by atoms with Gasteiger partial charge in [0.05, 0.1) is 16.2 Å². The minimum atomic E-state index is -1.21. The highest BCUT2D eigenvalue weighted by Crippen LogP contribution is 2.37. The van der Waals surface area contributed by atoms with Gasteiger partial charge in [-0.3, -0.25) is 19.0 Å². The van der Waals surface area contributed by atoms with Crippen molar-refractivity contribution in [2.75, 3.05) is 75.5 Å². The molecule has 0 saturated carbocycles. The van der Waals surface area contributed by atoms with Gasteiger partial charge in [-0.25, -0.2) is 29.3 Å². The number of amides is 3. The molecule has 608 valence electrons. The van der Waals surface area contributed by atoms with Crippen LogP contribution in [-0.2, 0) is 30.4 Å². The molecule has 0 radical (unpaired) electrons. The first kappa shape index (κ1) is 88.2. The molecule has 113 heavy (non-hydrogen) atoms. The van der Waals surface area contributed by atoms with E-state index in [-0.39, 0.29) is 52.0 Å². The molecule has 10 heterocycles. The fourth-order valence-electron chi connectivity index (χ4n) is 13.9. The van der Waals surface area contributed by atoms with Gasteiger partial charge in [0.1, 0.15) is 55.8 Å². The van der Waals surface area contributed by atoms with E-state index < -0.39 is 24.9 Å². The summed E-state index contributed by atoms with van der Waals surface area (Å²) < 4.78 is 28.8. The van der Waals surface area contributed by atoms with E-state index in [2.05, 4.69) is 106 Å². The van der Waals surface area contributed by atoms with Gasteiger partial charge < -0.3 is 64.7 Å². The number of aromatic nitrogens is 6. The molecular weight excluding hydrogens is 1530 g/mol. The number of hydrogen-bond acceptors (Lipinski definition) is 17. The van der Waals surface area contributed by atoms with Gasteiger partial charge in [0.2, 0.25) is 0 Å². The molecule has 23 nitrogen and oxygen atoms in total. The third-order valence-electron chi connectivity index (χ3n) is 19.5. The highest BCUT2D eigenvalue weighted by atomic mass is 35.5. The van der Waals surface area contributed by atoms with Crippen molar-refractivity contribution in [1.82, 2.24) is 44.2 Å². The standard InChI is InChI=1S/C31H43ClN4O4Si.C25H29ClN4O3.C17H26N2O2.C8H4Cl2N2O.C4H8O/c1-21-18-24(8-9-25(21)22-10-13-35(14-11-22)30(38)40-31(2,3)4)33-28-27-23(19-26(32)34-28)12-15-36(29(27)37)20-39-16-17-41(5,6)7;1-15-13-18(28-22-21-17(14-20(26)29-22)7-10-27-23(21)31)5-6-19(15)16-8-11-30(12-9-16)24(32)33-25(2,3)4;1-12-11-14(18)5-6-15(12)13-7-9-19(10-8-13)16(20)21-17(2,3)4;9-5-3-4-1-2-11-8(13)6(4)7(10)12-5;1-2-4-5-3-1/h8-9,12,15,18-19,22H,10-11,13-14,16-17,20H2,1-7H3,(H,33,34);5-7,10,13-14,16H,8-9,11-12H2,1-4H3,(H,27,31)(H,28,29);5-6,11,13H,7-10,18H2,1-4H3;1-3H,(H,11,13);1-4H2. The number of anilines is 5. The van der Waals surface area contributed by atoms with E-state index in [9.17, 15) is 28.8 Å². The molecule has 3 amide bonds. The van der Waals surface area contributed by atoms with Crippen LogP contribution in [0.3, 0.4) is 0 Å². The number of carbonyl (C=O) groups excluding carboxylic acids is 3. The summed E-state index contributed by atoms with van der Waals surface area (Å²) in [7, 11) is -1.21. The molecule has 3 aromatic carbocycles. The van der Waals surface area contributed by atoms with Gasteiger partial charge in [0.15, 0.2) is 0 Å². The lowest BCUT2D eigenvalue weighted by Crippen LogP contribution is -2.41. The molecule has 4 aliphatic heterocycles. The second-order valence-corrected chi connectivity index (χ2v) is 40.5. The Morgan fingerprint density at radius 3 is 1.29 bits per heavy atom. The Labute approximate surface area is 683 Å². The summed E-state index contributed by atoms with van der Waals surface area (Å²) in [6.07, 6.45) is 12.2. The van der Waals surface area contributed by atoms with Crippen LogP contribution >= 0.6 is 46.4 Å². The summed E-state index contributed by atoms with van der Waals surface area (Å²) >= 11 is 23.9. The number of carbonyl (C=O) groups is 3. The minimum Gasteiger partial charge on any atom is -0.444 e. The third kappa shape index (κ3) is 26.1. The van der Waals surface area contributed by atoms with Crippen molar-refractivity contribution < 1.29 is 38.1 Å². The zero-order valence-electron chi connectivity index (χ0n) is 67.8. The zero-order chi connectivity index (χ0) is 82.3. The minimum absolute atomic E-state index is 0.129. The molecule has 0 unspecified atom stereocenters. The normalized spacial score (nSPS) is 15.2. The number of benzene rings is 3. The summed E-state index contributed by atoms with van der Waals surface area (Å²) in [6, 6.07) is 29.9. The fraction of sp³-hybridized carbons (Fsp3) is 0.471. The highest BCUT2D eigenvalue weighted by Gasteiger charge is 2.32. The number of pyridine rings is 6. The number of fused-ring (bicyclic) bond motifs is 3. The topological polar surface area (TPSA) is 284 Å². The van der Waals surface area contributed by atoms with Crippen molar-refractivity contribution in [1.29, 1.82) is 0 Å². The lowest BCUT2D eigenvalue weighted by Gasteiger charge is -2.34. The van der Waals surface area contributed by atoms with Crippen molar-refractivity contribution in [3.8, 4) is 0 Å². The third-order valence-corrected chi connectivity index (χ3v) is 22.1. The van der Waals surface area contributed by atoms with Gasteiger partial charge >= 0.3 is 18.3 Å². The molecule has 0 aliphatic carbocycles. The summed E-state index contributed by atoms with van der Waals surface area (Å²) in [5.74, 6) is 2.10. The summed E-state index contributed by atoms with van der Waals surface area (Å²) in [4.78, 5) is 97.1. The Morgan fingerprint density at radius 2 is 0.903 bits per heavy atom. The number of H-pyrrole nitrogens is 2. The van der Waals surface area contributed by atoms with Crippen molar-refractivity contribution >= 4 is 134 Å². The van der Waals surface area contributed by atoms with E-state index in [1.165, 1.54) is 41.3 Å². The van der Waals surface area contributed by atoms with Crippen molar-refractivity contribution in [3.05, 3.63) is 195 Å². The van der Waals surface area contributed by atoms with Gasteiger partial charge in [0, 0.05) is 103 Å². The number of nitrogens with zero attached hydrogens (tertiary/aromatic N) is 7. The van der Waals surface area contributed by atoms with E-state index in [0.29, 0.717) is 94.0 Å². The molecule has 4 aliphatic rings. The van der Waals surface area contributed by atoms with Gasteiger partial charge in [0.25, 0.3) is 16.7 Å². The summed E-state index contributed by atoms with van der Waals surface area (Å²) in [6.45, 7) is 37.2. The summed E-state index contributed by atoms with van der Waals surface area (Å²) in [5.41, 5.74) is 13.6. The Balaban J connectivity index is 0.000000180. The lowest BCUT2D eigenvalue weighted by molar-refractivity contribution is 0.0194. The van der Waals surface area contributed by atoms with Crippen LogP contribution in [0.15, 0.2) is 124 Å². The Hall–Kier alpha value is -8.75. The average molecular weight is 1650 g/mol. The lowest BCUT2D eigenvalue weighted by atomic mass is 9.87. The number of rotatable bonds is 12. The molecule has 0 bridgehead atoms. The number of ether oxygens (including phenoxy) is 5. The van der Waals surface area contributed by atoms with Gasteiger partial charge in [-0.05, 0) is 281 Å². The first-order chi connectivity index (χ1) is 53.2. The molecule has 4 saturated heterocycles. The fourth-order valence-corrected chi connectivity index (χ4v) is 15.6. The van der Waals surface area contributed by atoms with Crippen LogP contribution in [-0.4, -0.2) is 146 Å². The smallest absolute Gasteiger partial charge is 0.410 e. The number of halogens is 4. The number of hydrogen-bond donors (Lipinski definition) is 5. The van der Waals surface area contributed by atoms with Crippen LogP contribution in [0.4, 0.5) is 43.1 Å². The van der Waals surface area contributed by atoms with Crippen LogP contribution in [0.1, 0.15) is 165 Å². The molecular formula is C85H110Cl4N12O11Si. The Bertz CT molecular complexity index is 4980. The van der Waals surface area contributed by atoms with E-state index in [1.807, 2.05) is 97.5 Å². The molecule has 6 aromatic heterocycles. The van der Waals surface area contributed by atoms with Crippen LogP contribution in [0.2, 0.25) is 46.3 Å². The molecule has 6 N–H and O–H groups in total. The van der Waals surface area contributed by atoms with Gasteiger partial charge in [-0.1, -0.05) is 84.2 Å². The highest BCUT2D eigenvalue weighted by molar-refractivity contribution is 6.76. The molecule has 13 rings (SSSR count). The second kappa shape index (κ2) is 39.1. The summed E-state index contributed by atoms with van der Waals surface area (Å²) in [5, 5.41) is 11.1.